The highest BCUT2D eigenvalue weighted by atomic mass is 16.4. The summed E-state index contributed by atoms with van der Waals surface area (Å²) in [4.78, 5) is 39.3. The van der Waals surface area contributed by atoms with Gasteiger partial charge in [-0.1, -0.05) is 37.5 Å². The van der Waals surface area contributed by atoms with E-state index in [4.69, 9.17) is 0 Å². The molecule has 2 fully saturated rings. The first-order valence-electron chi connectivity index (χ1n) is 10.2. The van der Waals surface area contributed by atoms with Gasteiger partial charge in [0.25, 0.3) is 5.91 Å². The first-order chi connectivity index (χ1) is 13.4. The monoisotopic (exact) mass is 386 g/mol. The van der Waals surface area contributed by atoms with Crippen LogP contribution in [0.2, 0.25) is 0 Å². The van der Waals surface area contributed by atoms with Crippen molar-refractivity contribution in [1.29, 1.82) is 0 Å². The Hall–Kier alpha value is -2.37. The Labute approximate surface area is 166 Å². The van der Waals surface area contributed by atoms with Gasteiger partial charge < -0.3 is 15.3 Å². The number of nitrogens with one attached hydrogen (secondary N) is 1. The molecule has 2 amide bonds. The van der Waals surface area contributed by atoms with Crippen molar-refractivity contribution in [2.75, 3.05) is 19.6 Å². The predicted octanol–water partition coefficient (Wildman–Crippen LogP) is 3.08. The minimum atomic E-state index is -0.849. The van der Waals surface area contributed by atoms with E-state index < -0.39 is 16.8 Å². The van der Waals surface area contributed by atoms with Gasteiger partial charge >= 0.3 is 5.97 Å². The van der Waals surface area contributed by atoms with Crippen molar-refractivity contribution in [3.8, 4) is 0 Å². The molecule has 6 heteroatoms. The molecule has 1 heterocycles. The van der Waals surface area contributed by atoms with Crippen LogP contribution in [0.3, 0.4) is 0 Å². The second kappa shape index (κ2) is 8.33. The molecule has 3 rings (SSSR count). The maximum atomic E-state index is 13.0. The number of piperidine rings is 1. The second-order valence-electron chi connectivity index (χ2n) is 8.59. The van der Waals surface area contributed by atoms with Crippen molar-refractivity contribution >= 4 is 17.8 Å². The van der Waals surface area contributed by atoms with E-state index in [1.807, 2.05) is 25.1 Å². The van der Waals surface area contributed by atoms with Crippen molar-refractivity contribution in [2.24, 2.45) is 10.8 Å². The van der Waals surface area contributed by atoms with Crippen LogP contribution in [-0.4, -0.2) is 47.4 Å². The summed E-state index contributed by atoms with van der Waals surface area (Å²) < 4.78 is 0. The van der Waals surface area contributed by atoms with E-state index in [1.165, 1.54) is 0 Å². The van der Waals surface area contributed by atoms with Crippen molar-refractivity contribution in [3.05, 3.63) is 35.9 Å². The number of aliphatic carboxylic acids is 1. The SMILES string of the molecule is CC1(C(=O)NCC2(C(=O)O)CCCCC2)CCCN(C(=O)c2ccccc2)C1. The van der Waals surface area contributed by atoms with Crippen molar-refractivity contribution < 1.29 is 19.5 Å². The number of rotatable bonds is 5. The third-order valence-electron chi connectivity index (χ3n) is 6.40. The summed E-state index contributed by atoms with van der Waals surface area (Å²) in [5, 5.41) is 12.6. The fourth-order valence-corrected chi connectivity index (χ4v) is 4.52. The van der Waals surface area contributed by atoms with Crippen LogP contribution in [0, 0.1) is 10.8 Å². The van der Waals surface area contributed by atoms with Crippen LogP contribution >= 0.6 is 0 Å². The predicted molar refractivity (Wildman–Crippen MR) is 106 cm³/mol. The molecule has 2 N–H and O–H groups in total. The van der Waals surface area contributed by atoms with E-state index in [9.17, 15) is 19.5 Å². The lowest BCUT2D eigenvalue weighted by Crippen LogP contribution is -2.54. The maximum absolute atomic E-state index is 13.0. The molecule has 2 aliphatic rings. The van der Waals surface area contributed by atoms with Crippen molar-refractivity contribution in [2.45, 2.75) is 51.9 Å². The lowest BCUT2D eigenvalue weighted by Gasteiger charge is -2.40. The van der Waals surface area contributed by atoms with Gasteiger partial charge in [-0.05, 0) is 44.7 Å². The number of carboxylic acid groups (broad SMARTS) is 1. The Morgan fingerprint density at radius 3 is 2.36 bits per heavy atom. The minimum absolute atomic E-state index is 0.0615. The van der Waals surface area contributed by atoms with E-state index in [0.29, 0.717) is 37.9 Å². The van der Waals surface area contributed by atoms with Crippen LogP contribution in [0.4, 0.5) is 0 Å². The van der Waals surface area contributed by atoms with Gasteiger partial charge in [-0.3, -0.25) is 14.4 Å². The van der Waals surface area contributed by atoms with Gasteiger partial charge in [0.05, 0.1) is 10.8 Å². The Morgan fingerprint density at radius 2 is 1.71 bits per heavy atom. The number of hydrogen-bond acceptors (Lipinski definition) is 3. The number of likely N-dealkylation sites (tertiary alicyclic amines) is 1. The zero-order valence-electron chi connectivity index (χ0n) is 16.6. The summed E-state index contributed by atoms with van der Waals surface area (Å²) in [6, 6.07) is 9.10. The van der Waals surface area contributed by atoms with E-state index in [-0.39, 0.29) is 18.4 Å². The molecule has 1 aromatic rings. The lowest BCUT2D eigenvalue weighted by atomic mass is 9.73. The number of carbonyl (C=O) groups is 3. The molecule has 1 atom stereocenters. The Bertz CT molecular complexity index is 727. The van der Waals surface area contributed by atoms with Crippen LogP contribution in [0.1, 0.15) is 62.2 Å². The van der Waals surface area contributed by atoms with Gasteiger partial charge in [0.2, 0.25) is 5.91 Å². The minimum Gasteiger partial charge on any atom is -0.481 e. The van der Waals surface area contributed by atoms with Crippen LogP contribution in [-0.2, 0) is 9.59 Å². The molecular formula is C22H30N2O4. The van der Waals surface area contributed by atoms with Crippen molar-refractivity contribution in [3.63, 3.8) is 0 Å². The zero-order chi connectivity index (χ0) is 20.2. The standard InChI is InChI=1S/C22H30N2O4/c1-21(19(26)23-15-22(20(27)28)12-6-3-7-13-22)11-8-14-24(16-21)18(25)17-9-4-2-5-10-17/h2,4-5,9-10H,3,6-8,11-16H2,1H3,(H,23,26)(H,27,28). The molecule has 152 valence electrons. The summed E-state index contributed by atoms with van der Waals surface area (Å²) >= 11 is 0. The van der Waals surface area contributed by atoms with Crippen LogP contribution < -0.4 is 5.32 Å². The Morgan fingerprint density at radius 1 is 1.04 bits per heavy atom. The molecule has 1 aromatic carbocycles. The van der Waals surface area contributed by atoms with Gasteiger partial charge in [0, 0.05) is 25.2 Å². The fourth-order valence-electron chi connectivity index (χ4n) is 4.52. The average molecular weight is 386 g/mol. The summed E-state index contributed by atoms with van der Waals surface area (Å²) in [5.41, 5.74) is -0.922. The largest absolute Gasteiger partial charge is 0.481 e. The third kappa shape index (κ3) is 4.21. The molecule has 0 spiro atoms. The van der Waals surface area contributed by atoms with Crippen LogP contribution in [0.25, 0.3) is 0 Å². The molecule has 1 saturated heterocycles. The maximum Gasteiger partial charge on any atom is 0.311 e. The molecular weight excluding hydrogens is 356 g/mol. The quantitative estimate of drug-likeness (QED) is 0.814. The number of nitrogens with zero attached hydrogens (tertiary/aromatic N) is 1. The molecule has 1 aliphatic heterocycles. The highest BCUT2D eigenvalue weighted by Gasteiger charge is 2.43. The summed E-state index contributed by atoms with van der Waals surface area (Å²) in [6.07, 6.45) is 5.49. The highest BCUT2D eigenvalue weighted by Crippen LogP contribution is 2.37. The van der Waals surface area contributed by atoms with E-state index in [1.54, 1.807) is 17.0 Å². The van der Waals surface area contributed by atoms with Crippen LogP contribution in [0.5, 0.6) is 0 Å². The zero-order valence-corrected chi connectivity index (χ0v) is 16.6. The smallest absolute Gasteiger partial charge is 0.311 e. The molecule has 28 heavy (non-hydrogen) atoms. The summed E-state index contributed by atoms with van der Waals surface area (Å²) in [7, 11) is 0. The molecule has 0 aromatic heterocycles. The van der Waals surface area contributed by atoms with Crippen molar-refractivity contribution in [1.82, 2.24) is 10.2 Å². The number of benzene rings is 1. The summed E-state index contributed by atoms with van der Waals surface area (Å²) in [5.74, 6) is -1.03. The number of carbonyl (C=O) groups excluding carboxylic acids is 2. The Balaban J connectivity index is 1.65. The van der Waals surface area contributed by atoms with Gasteiger partial charge in [0.15, 0.2) is 0 Å². The molecule has 1 saturated carbocycles. The Kier molecular flexibility index (Phi) is 6.06. The summed E-state index contributed by atoms with van der Waals surface area (Å²) in [6.45, 7) is 3.03. The fraction of sp³-hybridized carbons (Fsp3) is 0.591. The molecule has 1 unspecified atom stereocenters. The molecule has 1 aliphatic carbocycles. The van der Waals surface area contributed by atoms with E-state index >= 15 is 0 Å². The number of carboxylic acids is 1. The van der Waals surface area contributed by atoms with Gasteiger partial charge in [-0.15, -0.1) is 0 Å². The highest BCUT2D eigenvalue weighted by molar-refractivity contribution is 5.95. The van der Waals surface area contributed by atoms with E-state index in [0.717, 1.165) is 25.7 Å². The average Bonchev–Trinajstić information content (AvgIpc) is 2.72. The second-order valence-corrected chi connectivity index (χ2v) is 8.59. The van der Waals surface area contributed by atoms with Gasteiger partial charge in [-0.25, -0.2) is 0 Å². The lowest BCUT2D eigenvalue weighted by molar-refractivity contribution is -0.151. The third-order valence-corrected chi connectivity index (χ3v) is 6.40. The number of amides is 2. The first kappa shape index (κ1) is 20.4. The molecule has 0 bridgehead atoms. The first-order valence-corrected chi connectivity index (χ1v) is 10.2. The molecule has 6 nitrogen and oxygen atoms in total. The van der Waals surface area contributed by atoms with Gasteiger partial charge in [-0.2, -0.15) is 0 Å². The topological polar surface area (TPSA) is 86.7 Å². The molecule has 0 radical (unpaired) electrons. The van der Waals surface area contributed by atoms with E-state index in [2.05, 4.69) is 5.32 Å². The van der Waals surface area contributed by atoms with Gasteiger partial charge in [0.1, 0.15) is 0 Å². The van der Waals surface area contributed by atoms with Crippen LogP contribution in [0.15, 0.2) is 30.3 Å². The normalized spacial score (nSPS) is 24.4. The number of hydrogen-bond donors (Lipinski definition) is 2.